The topological polar surface area (TPSA) is 62.5 Å². The smallest absolute Gasteiger partial charge is 0.191 e. The molecule has 108 valence electrons. The van der Waals surface area contributed by atoms with Gasteiger partial charge in [-0.2, -0.15) is 0 Å². The predicted molar refractivity (Wildman–Crippen MR) is 86.9 cm³/mol. The fourth-order valence-corrected chi connectivity index (χ4v) is 1.90. The van der Waals surface area contributed by atoms with Crippen molar-refractivity contribution in [3.05, 3.63) is 17.0 Å². The van der Waals surface area contributed by atoms with Gasteiger partial charge in [-0.1, -0.05) is 12.1 Å². The number of halogens is 1. The third kappa shape index (κ3) is 4.36. The zero-order valence-electron chi connectivity index (χ0n) is 12.0. The van der Waals surface area contributed by atoms with E-state index in [-0.39, 0.29) is 24.0 Å². The van der Waals surface area contributed by atoms with Crippen molar-refractivity contribution in [2.45, 2.75) is 46.7 Å². The van der Waals surface area contributed by atoms with E-state index in [0.717, 1.165) is 35.4 Å². The average Bonchev–Trinajstić information content (AvgIpc) is 2.92. The Labute approximate surface area is 131 Å². The highest BCUT2D eigenvalue weighted by Crippen LogP contribution is 2.28. The van der Waals surface area contributed by atoms with Gasteiger partial charge in [-0.05, 0) is 33.1 Å². The Hall–Kier alpha value is -0.790. The summed E-state index contributed by atoms with van der Waals surface area (Å²) in [5.74, 6) is 2.49. The number of hydrogen-bond donors (Lipinski definition) is 2. The molecule has 2 rings (SSSR count). The van der Waals surface area contributed by atoms with Crippen molar-refractivity contribution in [2.75, 3.05) is 6.54 Å². The van der Waals surface area contributed by atoms with Crippen LogP contribution >= 0.6 is 24.0 Å². The molecule has 1 aromatic rings. The third-order valence-electron chi connectivity index (χ3n) is 3.35. The summed E-state index contributed by atoms with van der Waals surface area (Å²) < 4.78 is 5.14. The highest BCUT2D eigenvalue weighted by molar-refractivity contribution is 14.0. The lowest BCUT2D eigenvalue weighted by Crippen LogP contribution is -2.39. The standard InChI is InChI=1S/C13H22N4O.HI/c1-5-14-13(16-12-6-8(12)2)15-7-11-9(3)17-18-10(11)4;/h8,12H,5-7H2,1-4H3,(H2,14,15,16);1H. The molecule has 1 aromatic heterocycles. The van der Waals surface area contributed by atoms with Crippen molar-refractivity contribution in [2.24, 2.45) is 10.9 Å². The first-order chi connectivity index (χ1) is 8.61. The van der Waals surface area contributed by atoms with Crippen LogP contribution in [0.1, 0.15) is 37.3 Å². The van der Waals surface area contributed by atoms with Crippen LogP contribution in [0, 0.1) is 19.8 Å². The summed E-state index contributed by atoms with van der Waals surface area (Å²) in [5, 5.41) is 10.6. The quantitative estimate of drug-likeness (QED) is 0.480. The Kier molecular flexibility index (Phi) is 6.09. The highest BCUT2D eigenvalue weighted by atomic mass is 127. The van der Waals surface area contributed by atoms with E-state index in [0.29, 0.717) is 12.6 Å². The number of nitrogens with zero attached hydrogens (tertiary/aromatic N) is 2. The highest BCUT2D eigenvalue weighted by Gasteiger charge is 2.33. The summed E-state index contributed by atoms with van der Waals surface area (Å²) in [6, 6.07) is 0.576. The first-order valence-electron chi connectivity index (χ1n) is 6.58. The Morgan fingerprint density at radius 3 is 2.63 bits per heavy atom. The molecule has 1 heterocycles. The fraction of sp³-hybridized carbons (Fsp3) is 0.692. The van der Waals surface area contributed by atoms with Gasteiger partial charge >= 0.3 is 0 Å². The van der Waals surface area contributed by atoms with E-state index in [1.165, 1.54) is 6.42 Å². The van der Waals surface area contributed by atoms with E-state index < -0.39 is 0 Å². The first kappa shape index (κ1) is 16.3. The number of aryl methyl sites for hydroxylation is 2. The normalized spacial score (nSPS) is 21.8. The minimum atomic E-state index is 0. The van der Waals surface area contributed by atoms with E-state index in [9.17, 15) is 0 Å². The molecule has 0 aliphatic heterocycles. The lowest BCUT2D eigenvalue weighted by molar-refractivity contribution is 0.392. The summed E-state index contributed by atoms with van der Waals surface area (Å²) in [4.78, 5) is 4.59. The Bertz CT molecular complexity index is 424. The molecular weight excluding hydrogens is 355 g/mol. The van der Waals surface area contributed by atoms with Gasteiger partial charge in [0.15, 0.2) is 5.96 Å². The lowest BCUT2D eigenvalue weighted by atomic mass is 10.2. The van der Waals surface area contributed by atoms with Crippen molar-refractivity contribution >= 4 is 29.9 Å². The molecule has 2 atom stereocenters. The van der Waals surface area contributed by atoms with Gasteiger partial charge in [-0.3, -0.25) is 0 Å². The first-order valence-corrected chi connectivity index (χ1v) is 6.58. The zero-order valence-corrected chi connectivity index (χ0v) is 14.3. The van der Waals surface area contributed by atoms with Crippen LogP contribution in [0.3, 0.4) is 0 Å². The van der Waals surface area contributed by atoms with E-state index in [1.807, 2.05) is 13.8 Å². The van der Waals surface area contributed by atoms with E-state index in [4.69, 9.17) is 4.52 Å². The van der Waals surface area contributed by atoms with Gasteiger partial charge in [0.05, 0.1) is 12.2 Å². The van der Waals surface area contributed by atoms with Crippen LogP contribution in [-0.4, -0.2) is 23.7 Å². The van der Waals surface area contributed by atoms with Crippen LogP contribution in [0.25, 0.3) is 0 Å². The Balaban J connectivity index is 0.00000180. The molecule has 0 spiro atoms. The van der Waals surface area contributed by atoms with Crippen LogP contribution in [0.15, 0.2) is 9.52 Å². The van der Waals surface area contributed by atoms with Crippen LogP contribution in [-0.2, 0) is 6.54 Å². The van der Waals surface area contributed by atoms with Crippen molar-refractivity contribution < 1.29 is 4.52 Å². The Morgan fingerprint density at radius 1 is 1.47 bits per heavy atom. The molecule has 2 N–H and O–H groups in total. The maximum atomic E-state index is 5.14. The summed E-state index contributed by atoms with van der Waals surface area (Å²) in [7, 11) is 0. The largest absolute Gasteiger partial charge is 0.361 e. The predicted octanol–water partition coefficient (Wildman–Crippen LogP) is 2.37. The van der Waals surface area contributed by atoms with E-state index in [1.54, 1.807) is 0 Å². The molecule has 2 unspecified atom stereocenters. The Morgan fingerprint density at radius 2 is 2.16 bits per heavy atom. The second kappa shape index (κ2) is 7.12. The number of hydrogen-bond acceptors (Lipinski definition) is 3. The van der Waals surface area contributed by atoms with Crippen molar-refractivity contribution in [3.8, 4) is 0 Å². The number of rotatable bonds is 4. The van der Waals surface area contributed by atoms with Gasteiger partial charge in [0.25, 0.3) is 0 Å². The molecule has 1 saturated carbocycles. The molecular formula is C13H23IN4O. The fourth-order valence-electron chi connectivity index (χ4n) is 1.90. The van der Waals surface area contributed by atoms with E-state index in [2.05, 4.69) is 34.6 Å². The van der Waals surface area contributed by atoms with Crippen molar-refractivity contribution in [1.82, 2.24) is 15.8 Å². The molecule has 6 heteroatoms. The van der Waals surface area contributed by atoms with Gasteiger partial charge < -0.3 is 15.2 Å². The molecule has 19 heavy (non-hydrogen) atoms. The summed E-state index contributed by atoms with van der Waals surface area (Å²) in [6.07, 6.45) is 1.23. The molecule has 1 aliphatic carbocycles. The van der Waals surface area contributed by atoms with Crippen LogP contribution < -0.4 is 10.6 Å². The van der Waals surface area contributed by atoms with Gasteiger partial charge in [0.1, 0.15) is 5.76 Å². The molecule has 1 fully saturated rings. The molecule has 0 aromatic carbocycles. The summed E-state index contributed by atoms with van der Waals surface area (Å²) in [5.41, 5.74) is 2.00. The van der Waals surface area contributed by atoms with Crippen molar-refractivity contribution in [3.63, 3.8) is 0 Å². The molecule has 0 radical (unpaired) electrons. The molecule has 0 saturated heterocycles. The molecule has 1 aliphatic rings. The molecule has 0 bridgehead atoms. The number of guanidine groups is 1. The van der Waals surface area contributed by atoms with Gasteiger partial charge in [-0.15, -0.1) is 24.0 Å². The monoisotopic (exact) mass is 378 g/mol. The maximum absolute atomic E-state index is 5.14. The number of aromatic nitrogens is 1. The average molecular weight is 378 g/mol. The van der Waals surface area contributed by atoms with Crippen LogP contribution in [0.5, 0.6) is 0 Å². The number of nitrogens with one attached hydrogen (secondary N) is 2. The van der Waals surface area contributed by atoms with Crippen LogP contribution in [0.2, 0.25) is 0 Å². The maximum Gasteiger partial charge on any atom is 0.191 e. The van der Waals surface area contributed by atoms with E-state index >= 15 is 0 Å². The minimum absolute atomic E-state index is 0. The second-order valence-electron chi connectivity index (χ2n) is 4.96. The third-order valence-corrected chi connectivity index (χ3v) is 3.35. The molecule has 0 amide bonds. The number of aliphatic imine (C=N–C) groups is 1. The van der Waals surface area contributed by atoms with Crippen molar-refractivity contribution in [1.29, 1.82) is 0 Å². The lowest BCUT2D eigenvalue weighted by Gasteiger charge is -2.10. The summed E-state index contributed by atoms with van der Waals surface area (Å²) >= 11 is 0. The second-order valence-corrected chi connectivity index (χ2v) is 4.96. The zero-order chi connectivity index (χ0) is 13.1. The minimum Gasteiger partial charge on any atom is -0.361 e. The summed E-state index contributed by atoms with van der Waals surface area (Å²) in [6.45, 7) is 9.67. The van der Waals surface area contributed by atoms with Gasteiger partial charge in [0.2, 0.25) is 0 Å². The van der Waals surface area contributed by atoms with Crippen LogP contribution in [0.4, 0.5) is 0 Å². The van der Waals surface area contributed by atoms with Gasteiger partial charge in [0, 0.05) is 18.2 Å². The molecule has 5 nitrogen and oxygen atoms in total. The van der Waals surface area contributed by atoms with Gasteiger partial charge in [-0.25, -0.2) is 4.99 Å². The SMILES string of the molecule is CCNC(=NCc1c(C)noc1C)NC1CC1C.I.